The number of nitrogens with one attached hydrogen (secondary N) is 1. The minimum Gasteiger partial charge on any atom is -0.446 e. The minimum atomic E-state index is -0.125. The van der Waals surface area contributed by atoms with Crippen LogP contribution in [0.3, 0.4) is 0 Å². The third kappa shape index (κ3) is 4.98. The van der Waals surface area contributed by atoms with Crippen LogP contribution in [0.4, 0.5) is 0 Å². The van der Waals surface area contributed by atoms with Crippen LogP contribution in [0.5, 0.6) is 0 Å². The smallest absolute Gasteiger partial charge is 0.267 e. The molecule has 0 fully saturated rings. The molecule has 3 aromatic heterocycles. The lowest BCUT2D eigenvalue weighted by Gasteiger charge is -2.29. The van der Waals surface area contributed by atoms with Gasteiger partial charge in [0.15, 0.2) is 0 Å². The van der Waals surface area contributed by atoms with Gasteiger partial charge in [0.05, 0.1) is 17.5 Å². The zero-order valence-corrected chi connectivity index (χ0v) is 19.1. The molecule has 170 valence electrons. The molecule has 1 N–H and O–H groups in total. The zero-order valence-electron chi connectivity index (χ0n) is 19.1. The molecule has 0 saturated carbocycles. The van der Waals surface area contributed by atoms with Crippen molar-refractivity contribution in [2.75, 3.05) is 13.6 Å². The standard InChI is InChI=1S/C26H28N4O3/c1-18-22(17-20-12-15-33-25(20)28-18)26(32)30(3)21(16-19-8-5-4-6-9-19)11-13-27-24(31)23-10-7-14-29(23)2/h4-10,12,14-15,17,21H,11,13,16H2,1-3H3,(H,27,31). The molecular weight excluding hydrogens is 416 g/mol. The summed E-state index contributed by atoms with van der Waals surface area (Å²) in [5.74, 6) is -0.224. The van der Waals surface area contributed by atoms with Crippen molar-refractivity contribution in [2.24, 2.45) is 7.05 Å². The Morgan fingerprint density at radius 1 is 1.15 bits per heavy atom. The lowest BCUT2D eigenvalue weighted by atomic mass is 10.0. The summed E-state index contributed by atoms with van der Waals surface area (Å²) in [6, 6.07) is 17.2. The van der Waals surface area contributed by atoms with Gasteiger partial charge < -0.3 is 19.2 Å². The number of hydrogen-bond acceptors (Lipinski definition) is 4. The fraction of sp³-hybridized carbons (Fsp3) is 0.269. The van der Waals surface area contributed by atoms with Gasteiger partial charge in [0.25, 0.3) is 11.8 Å². The number of carbonyl (C=O) groups is 2. The molecule has 1 atom stereocenters. The van der Waals surface area contributed by atoms with Crippen molar-refractivity contribution < 1.29 is 14.0 Å². The molecule has 7 nitrogen and oxygen atoms in total. The molecular formula is C26H28N4O3. The van der Waals surface area contributed by atoms with Gasteiger partial charge in [0, 0.05) is 38.3 Å². The normalized spacial score (nSPS) is 12.0. The summed E-state index contributed by atoms with van der Waals surface area (Å²) in [7, 11) is 3.65. The molecule has 7 heteroatoms. The van der Waals surface area contributed by atoms with E-state index < -0.39 is 0 Å². The first kappa shape index (κ1) is 22.3. The Balaban J connectivity index is 1.51. The van der Waals surface area contributed by atoms with E-state index in [0.29, 0.717) is 42.1 Å². The van der Waals surface area contributed by atoms with Crippen molar-refractivity contribution in [2.45, 2.75) is 25.8 Å². The molecule has 1 unspecified atom stereocenters. The molecule has 33 heavy (non-hydrogen) atoms. The highest BCUT2D eigenvalue weighted by molar-refractivity contribution is 5.98. The number of carbonyl (C=O) groups excluding carboxylic acids is 2. The monoisotopic (exact) mass is 444 g/mol. The predicted molar refractivity (Wildman–Crippen MR) is 127 cm³/mol. The summed E-state index contributed by atoms with van der Waals surface area (Å²) < 4.78 is 7.14. The first-order valence-corrected chi connectivity index (χ1v) is 11.0. The van der Waals surface area contributed by atoms with E-state index in [9.17, 15) is 9.59 Å². The Bertz CT molecular complexity index is 1260. The highest BCUT2D eigenvalue weighted by atomic mass is 16.3. The molecule has 0 saturated heterocycles. The van der Waals surface area contributed by atoms with Gasteiger partial charge in [-0.05, 0) is 49.6 Å². The van der Waals surface area contributed by atoms with Crippen molar-refractivity contribution >= 4 is 22.9 Å². The van der Waals surface area contributed by atoms with Gasteiger partial charge in [-0.2, -0.15) is 0 Å². The van der Waals surface area contributed by atoms with Crippen LogP contribution in [0.15, 0.2) is 71.5 Å². The topological polar surface area (TPSA) is 80.4 Å². The molecule has 0 bridgehead atoms. The number of benzene rings is 1. The van der Waals surface area contributed by atoms with Crippen molar-refractivity contribution in [1.82, 2.24) is 19.8 Å². The largest absolute Gasteiger partial charge is 0.446 e. The van der Waals surface area contributed by atoms with E-state index in [1.807, 2.05) is 57.5 Å². The van der Waals surface area contributed by atoms with Crippen molar-refractivity contribution in [1.29, 1.82) is 0 Å². The number of nitrogens with zero attached hydrogens (tertiary/aromatic N) is 3. The van der Waals surface area contributed by atoms with Gasteiger partial charge >= 0.3 is 0 Å². The molecule has 2 amide bonds. The average molecular weight is 445 g/mol. The fourth-order valence-corrected chi connectivity index (χ4v) is 4.02. The highest BCUT2D eigenvalue weighted by Crippen LogP contribution is 2.21. The summed E-state index contributed by atoms with van der Waals surface area (Å²) in [5, 5.41) is 3.78. The zero-order chi connectivity index (χ0) is 23.4. The highest BCUT2D eigenvalue weighted by Gasteiger charge is 2.24. The van der Waals surface area contributed by atoms with Gasteiger partial charge in [-0.15, -0.1) is 0 Å². The number of pyridine rings is 1. The summed E-state index contributed by atoms with van der Waals surface area (Å²) in [6.07, 6.45) is 4.72. The molecule has 0 aliphatic carbocycles. The van der Waals surface area contributed by atoms with Crippen molar-refractivity contribution in [3.05, 3.63) is 89.6 Å². The Morgan fingerprint density at radius 3 is 2.67 bits per heavy atom. The van der Waals surface area contributed by atoms with Crippen LogP contribution >= 0.6 is 0 Å². The quantitative estimate of drug-likeness (QED) is 0.446. The molecule has 0 radical (unpaired) electrons. The molecule has 1 aromatic carbocycles. The first-order valence-electron chi connectivity index (χ1n) is 11.0. The first-order chi connectivity index (χ1) is 15.9. The van der Waals surface area contributed by atoms with Crippen LogP contribution in [0.2, 0.25) is 0 Å². The van der Waals surface area contributed by atoms with Gasteiger partial charge in [0.2, 0.25) is 5.71 Å². The number of amides is 2. The second kappa shape index (κ2) is 9.73. The predicted octanol–water partition coefficient (Wildman–Crippen LogP) is 3.98. The van der Waals surface area contributed by atoms with Crippen LogP contribution in [0.1, 0.15) is 38.5 Å². The molecule has 4 aromatic rings. The lowest BCUT2D eigenvalue weighted by Crippen LogP contribution is -2.41. The molecule has 0 spiro atoms. The molecule has 0 aliphatic rings. The van der Waals surface area contributed by atoms with E-state index in [2.05, 4.69) is 22.4 Å². The Morgan fingerprint density at radius 2 is 1.94 bits per heavy atom. The van der Waals surface area contributed by atoms with E-state index in [4.69, 9.17) is 4.42 Å². The van der Waals surface area contributed by atoms with E-state index in [1.54, 1.807) is 27.9 Å². The SMILES string of the molecule is Cc1nc2occc2cc1C(=O)N(C)C(CCNC(=O)c1cccn1C)Cc1ccccc1. The number of rotatable bonds is 8. The summed E-state index contributed by atoms with van der Waals surface area (Å²) in [6.45, 7) is 2.27. The van der Waals surface area contributed by atoms with Gasteiger partial charge in [0.1, 0.15) is 5.69 Å². The minimum absolute atomic E-state index is 0.0993. The van der Waals surface area contributed by atoms with E-state index in [-0.39, 0.29) is 17.9 Å². The number of fused-ring (bicyclic) bond motifs is 1. The molecule has 3 heterocycles. The Kier molecular flexibility index (Phi) is 6.58. The second-order valence-corrected chi connectivity index (χ2v) is 8.24. The molecule has 0 aliphatic heterocycles. The number of hydrogen-bond donors (Lipinski definition) is 1. The maximum Gasteiger partial charge on any atom is 0.267 e. The summed E-state index contributed by atoms with van der Waals surface area (Å²) in [4.78, 5) is 32.2. The van der Waals surface area contributed by atoms with Crippen LogP contribution in [0.25, 0.3) is 11.1 Å². The van der Waals surface area contributed by atoms with E-state index >= 15 is 0 Å². The third-order valence-corrected chi connectivity index (χ3v) is 5.99. The number of likely N-dealkylation sites (N-methyl/N-ethyl adjacent to an activating group) is 1. The van der Waals surface area contributed by atoms with Crippen LogP contribution in [-0.4, -0.2) is 45.9 Å². The number of furan rings is 1. The van der Waals surface area contributed by atoms with Crippen molar-refractivity contribution in [3.8, 4) is 0 Å². The fourth-order valence-electron chi connectivity index (χ4n) is 4.02. The Hall–Kier alpha value is -3.87. The van der Waals surface area contributed by atoms with Crippen LogP contribution < -0.4 is 5.32 Å². The van der Waals surface area contributed by atoms with Gasteiger partial charge in [-0.1, -0.05) is 30.3 Å². The van der Waals surface area contributed by atoms with Crippen LogP contribution in [0, 0.1) is 6.92 Å². The Labute approximate surface area is 193 Å². The summed E-state index contributed by atoms with van der Waals surface area (Å²) in [5.41, 5.74) is 3.45. The second-order valence-electron chi connectivity index (χ2n) is 8.24. The van der Waals surface area contributed by atoms with E-state index in [1.165, 1.54) is 0 Å². The molecule has 4 rings (SSSR count). The van der Waals surface area contributed by atoms with Gasteiger partial charge in [-0.3, -0.25) is 9.59 Å². The van der Waals surface area contributed by atoms with E-state index in [0.717, 1.165) is 10.9 Å². The average Bonchev–Trinajstić information content (AvgIpc) is 3.45. The maximum absolute atomic E-state index is 13.5. The third-order valence-electron chi connectivity index (χ3n) is 5.99. The maximum atomic E-state index is 13.5. The number of aromatic nitrogens is 2. The van der Waals surface area contributed by atoms with Crippen molar-refractivity contribution in [3.63, 3.8) is 0 Å². The van der Waals surface area contributed by atoms with Crippen LogP contribution in [-0.2, 0) is 13.5 Å². The van der Waals surface area contributed by atoms with Gasteiger partial charge in [-0.25, -0.2) is 4.98 Å². The lowest BCUT2D eigenvalue weighted by molar-refractivity contribution is 0.0721. The summed E-state index contributed by atoms with van der Waals surface area (Å²) >= 11 is 0. The number of aryl methyl sites for hydroxylation is 2.